The Kier molecular flexibility index (Phi) is 3.60. The van der Waals surface area contributed by atoms with Crippen molar-refractivity contribution in [2.45, 2.75) is 32.9 Å². The van der Waals surface area contributed by atoms with Crippen molar-refractivity contribution >= 4 is 11.6 Å². The lowest BCUT2D eigenvalue weighted by molar-refractivity contribution is 0.150. The molecular formula is C11H16ClNO2. The minimum atomic E-state index is -0.901. The molecule has 0 radical (unpaired) electrons. The summed E-state index contributed by atoms with van der Waals surface area (Å²) >= 11 is 5.93. The first-order valence-corrected chi connectivity index (χ1v) is 5.16. The standard InChI is InChI=1S/C11H16ClNO2/c1-5-4-8(10(14)7(3)13)11(15)9(12)6(5)2/h4,7,10,14-15H,13H2,1-3H3. The molecule has 0 saturated carbocycles. The molecule has 0 aliphatic heterocycles. The van der Waals surface area contributed by atoms with Crippen LogP contribution in [0, 0.1) is 13.8 Å². The molecule has 0 heterocycles. The van der Waals surface area contributed by atoms with Gasteiger partial charge in [0.2, 0.25) is 0 Å². The number of nitrogens with two attached hydrogens (primary N) is 1. The summed E-state index contributed by atoms with van der Waals surface area (Å²) in [6.45, 7) is 5.37. The first-order valence-electron chi connectivity index (χ1n) is 4.78. The smallest absolute Gasteiger partial charge is 0.140 e. The van der Waals surface area contributed by atoms with Gasteiger partial charge in [-0.3, -0.25) is 0 Å². The number of phenols is 1. The fourth-order valence-electron chi connectivity index (χ4n) is 1.40. The van der Waals surface area contributed by atoms with Crippen molar-refractivity contribution in [1.82, 2.24) is 0 Å². The predicted octanol–water partition coefficient (Wildman–Crippen LogP) is 2.04. The van der Waals surface area contributed by atoms with E-state index in [9.17, 15) is 10.2 Å². The molecular weight excluding hydrogens is 214 g/mol. The monoisotopic (exact) mass is 229 g/mol. The molecule has 2 unspecified atom stereocenters. The van der Waals surface area contributed by atoms with Crippen LogP contribution in [-0.4, -0.2) is 16.3 Å². The van der Waals surface area contributed by atoms with Crippen LogP contribution in [0.2, 0.25) is 5.02 Å². The molecule has 0 bridgehead atoms. The average molecular weight is 230 g/mol. The fraction of sp³-hybridized carbons (Fsp3) is 0.455. The van der Waals surface area contributed by atoms with Crippen molar-refractivity contribution in [3.8, 4) is 5.75 Å². The number of benzene rings is 1. The van der Waals surface area contributed by atoms with E-state index in [0.29, 0.717) is 5.56 Å². The van der Waals surface area contributed by atoms with Crippen molar-refractivity contribution < 1.29 is 10.2 Å². The van der Waals surface area contributed by atoms with Crippen LogP contribution in [0.5, 0.6) is 5.75 Å². The second-order valence-corrected chi connectivity index (χ2v) is 4.25. The molecule has 1 aromatic rings. The second-order valence-electron chi connectivity index (χ2n) is 3.87. The highest BCUT2D eigenvalue weighted by atomic mass is 35.5. The summed E-state index contributed by atoms with van der Waals surface area (Å²) in [5.41, 5.74) is 7.70. The molecule has 2 atom stereocenters. The number of aromatic hydroxyl groups is 1. The Labute approximate surface area is 94.5 Å². The summed E-state index contributed by atoms with van der Waals surface area (Å²) in [7, 11) is 0. The average Bonchev–Trinajstić information content (AvgIpc) is 2.19. The van der Waals surface area contributed by atoms with Crippen LogP contribution in [0.15, 0.2) is 6.07 Å². The molecule has 0 spiro atoms. The van der Waals surface area contributed by atoms with E-state index >= 15 is 0 Å². The summed E-state index contributed by atoms with van der Waals surface area (Å²) in [6, 6.07) is 1.26. The predicted molar refractivity (Wildman–Crippen MR) is 61.2 cm³/mol. The molecule has 4 N–H and O–H groups in total. The first-order chi connectivity index (χ1) is 6.86. The van der Waals surface area contributed by atoms with E-state index in [-0.39, 0.29) is 10.8 Å². The summed E-state index contributed by atoms with van der Waals surface area (Å²) in [6.07, 6.45) is -0.901. The first kappa shape index (κ1) is 12.3. The molecule has 4 heteroatoms. The van der Waals surface area contributed by atoms with Crippen LogP contribution in [0.4, 0.5) is 0 Å². The summed E-state index contributed by atoms with van der Waals surface area (Å²) < 4.78 is 0. The van der Waals surface area contributed by atoms with Gasteiger partial charge in [0.25, 0.3) is 0 Å². The highest BCUT2D eigenvalue weighted by molar-refractivity contribution is 6.33. The lowest BCUT2D eigenvalue weighted by atomic mass is 9.98. The van der Waals surface area contributed by atoms with Gasteiger partial charge in [-0.05, 0) is 38.0 Å². The molecule has 0 aliphatic carbocycles. The Morgan fingerprint density at radius 2 is 1.93 bits per heavy atom. The number of aliphatic hydroxyl groups excluding tert-OH is 1. The number of phenolic OH excluding ortho intramolecular Hbond substituents is 1. The van der Waals surface area contributed by atoms with E-state index in [1.165, 1.54) is 0 Å². The quantitative estimate of drug-likeness (QED) is 0.727. The van der Waals surface area contributed by atoms with Gasteiger partial charge in [-0.25, -0.2) is 0 Å². The maximum absolute atomic E-state index is 9.77. The van der Waals surface area contributed by atoms with E-state index in [0.717, 1.165) is 11.1 Å². The molecule has 3 nitrogen and oxygen atoms in total. The number of aliphatic hydroxyl groups is 1. The van der Waals surface area contributed by atoms with Gasteiger partial charge in [0, 0.05) is 11.6 Å². The topological polar surface area (TPSA) is 66.5 Å². The third-order valence-electron chi connectivity index (χ3n) is 2.59. The van der Waals surface area contributed by atoms with Gasteiger partial charge < -0.3 is 15.9 Å². The zero-order valence-electron chi connectivity index (χ0n) is 9.08. The Bertz CT molecular complexity index is 377. The largest absolute Gasteiger partial charge is 0.506 e. The van der Waals surface area contributed by atoms with Gasteiger partial charge >= 0.3 is 0 Å². The van der Waals surface area contributed by atoms with Crippen LogP contribution in [-0.2, 0) is 0 Å². The second kappa shape index (κ2) is 4.39. The summed E-state index contributed by atoms with van der Waals surface area (Å²) in [4.78, 5) is 0. The van der Waals surface area contributed by atoms with Crippen LogP contribution in [0.1, 0.15) is 29.7 Å². The SMILES string of the molecule is Cc1cc(C(O)C(C)N)c(O)c(Cl)c1C. The van der Waals surface area contributed by atoms with Gasteiger partial charge in [-0.1, -0.05) is 11.6 Å². The van der Waals surface area contributed by atoms with Gasteiger partial charge in [0.05, 0.1) is 11.1 Å². The zero-order valence-corrected chi connectivity index (χ0v) is 9.84. The number of aryl methyl sites for hydroxylation is 1. The zero-order chi connectivity index (χ0) is 11.7. The van der Waals surface area contributed by atoms with Crippen LogP contribution >= 0.6 is 11.6 Å². The van der Waals surface area contributed by atoms with Crippen molar-refractivity contribution in [3.05, 3.63) is 27.8 Å². The normalized spacial score (nSPS) is 15.1. The van der Waals surface area contributed by atoms with E-state index in [4.69, 9.17) is 17.3 Å². The van der Waals surface area contributed by atoms with Crippen LogP contribution in [0.25, 0.3) is 0 Å². The van der Waals surface area contributed by atoms with E-state index in [1.54, 1.807) is 13.0 Å². The molecule has 1 aromatic carbocycles. The van der Waals surface area contributed by atoms with E-state index < -0.39 is 12.1 Å². The third kappa shape index (κ3) is 2.25. The highest BCUT2D eigenvalue weighted by Gasteiger charge is 2.20. The molecule has 0 aliphatic rings. The van der Waals surface area contributed by atoms with Crippen LogP contribution in [0.3, 0.4) is 0 Å². The minimum absolute atomic E-state index is 0.0791. The maximum Gasteiger partial charge on any atom is 0.140 e. The highest BCUT2D eigenvalue weighted by Crippen LogP contribution is 2.36. The van der Waals surface area contributed by atoms with Crippen LogP contribution < -0.4 is 5.73 Å². The third-order valence-corrected chi connectivity index (χ3v) is 3.05. The van der Waals surface area contributed by atoms with Gasteiger partial charge in [0.1, 0.15) is 5.75 Å². The Hall–Kier alpha value is -0.770. The van der Waals surface area contributed by atoms with Crippen molar-refractivity contribution in [2.75, 3.05) is 0 Å². The molecule has 84 valence electrons. The number of rotatable bonds is 2. The molecule has 15 heavy (non-hydrogen) atoms. The van der Waals surface area contributed by atoms with E-state index in [2.05, 4.69) is 0 Å². The number of hydrogen-bond acceptors (Lipinski definition) is 3. The lowest BCUT2D eigenvalue weighted by Gasteiger charge is -2.18. The summed E-state index contributed by atoms with van der Waals surface area (Å²) in [5.74, 6) is -0.0791. The molecule has 0 saturated heterocycles. The Morgan fingerprint density at radius 1 is 1.40 bits per heavy atom. The summed E-state index contributed by atoms with van der Waals surface area (Å²) in [5, 5.41) is 19.8. The fourth-order valence-corrected chi connectivity index (χ4v) is 1.65. The van der Waals surface area contributed by atoms with E-state index in [1.807, 2.05) is 13.8 Å². The number of halogens is 1. The number of hydrogen-bond donors (Lipinski definition) is 3. The Morgan fingerprint density at radius 3 is 2.40 bits per heavy atom. The van der Waals surface area contributed by atoms with Gasteiger partial charge in [-0.2, -0.15) is 0 Å². The van der Waals surface area contributed by atoms with Crippen molar-refractivity contribution in [1.29, 1.82) is 0 Å². The maximum atomic E-state index is 9.77. The molecule has 0 fully saturated rings. The minimum Gasteiger partial charge on any atom is -0.506 e. The molecule has 0 aromatic heterocycles. The molecule has 0 amide bonds. The lowest BCUT2D eigenvalue weighted by Crippen LogP contribution is -2.24. The molecule has 1 rings (SSSR count). The van der Waals surface area contributed by atoms with Crippen molar-refractivity contribution in [3.63, 3.8) is 0 Å². The van der Waals surface area contributed by atoms with Gasteiger partial charge in [-0.15, -0.1) is 0 Å². The van der Waals surface area contributed by atoms with Crippen molar-refractivity contribution in [2.24, 2.45) is 5.73 Å². The van der Waals surface area contributed by atoms with Gasteiger partial charge in [0.15, 0.2) is 0 Å². The Balaban J connectivity index is 3.32.